The molecule has 0 amide bonds. The van der Waals surface area contributed by atoms with E-state index in [1.807, 2.05) is 12.1 Å². The minimum absolute atomic E-state index is 0.859. The quantitative estimate of drug-likeness (QED) is 0.161. The molecular formula is C58H37NO2. The van der Waals surface area contributed by atoms with E-state index in [1.54, 1.807) is 0 Å². The first-order valence-corrected chi connectivity index (χ1v) is 20.7. The van der Waals surface area contributed by atoms with Gasteiger partial charge in [0.15, 0.2) is 0 Å². The fourth-order valence-electron chi connectivity index (χ4n) is 9.18. The lowest BCUT2D eigenvalue weighted by Gasteiger charge is -2.26. The first kappa shape index (κ1) is 34.9. The third kappa shape index (κ3) is 5.90. The van der Waals surface area contributed by atoms with Crippen molar-refractivity contribution < 1.29 is 8.83 Å². The van der Waals surface area contributed by atoms with Crippen molar-refractivity contribution in [3.05, 3.63) is 224 Å². The van der Waals surface area contributed by atoms with Crippen LogP contribution in [0.25, 0.3) is 99.2 Å². The molecule has 0 unspecified atom stereocenters. The summed E-state index contributed by atoms with van der Waals surface area (Å²) in [6.45, 7) is 0. The normalized spacial score (nSPS) is 11.6. The lowest BCUT2D eigenvalue weighted by atomic mass is 9.93. The Morgan fingerprint density at radius 1 is 0.279 bits per heavy atom. The summed E-state index contributed by atoms with van der Waals surface area (Å²) in [5.41, 5.74) is 15.9. The van der Waals surface area contributed by atoms with Crippen molar-refractivity contribution >= 4 is 71.7 Å². The number of hydrogen-bond donors (Lipinski definition) is 0. The molecule has 0 fully saturated rings. The molecule has 3 nitrogen and oxygen atoms in total. The van der Waals surface area contributed by atoms with Gasteiger partial charge in [-0.3, -0.25) is 0 Å². The van der Waals surface area contributed by atoms with Crippen molar-refractivity contribution in [2.45, 2.75) is 0 Å². The predicted molar refractivity (Wildman–Crippen MR) is 255 cm³/mol. The Balaban J connectivity index is 0.988. The fourth-order valence-corrected chi connectivity index (χ4v) is 9.18. The van der Waals surface area contributed by atoms with Gasteiger partial charge in [0, 0.05) is 38.5 Å². The molecule has 0 aliphatic heterocycles. The van der Waals surface area contributed by atoms with Crippen LogP contribution < -0.4 is 4.90 Å². The zero-order chi connectivity index (χ0) is 40.3. The van der Waals surface area contributed by atoms with E-state index in [2.05, 4.69) is 217 Å². The number of hydrogen-bond acceptors (Lipinski definition) is 3. The van der Waals surface area contributed by atoms with Crippen molar-refractivity contribution in [3.8, 4) is 44.5 Å². The van der Waals surface area contributed by atoms with Crippen LogP contribution >= 0.6 is 0 Å². The van der Waals surface area contributed by atoms with E-state index in [0.29, 0.717) is 0 Å². The van der Waals surface area contributed by atoms with E-state index in [0.717, 1.165) is 77.5 Å². The molecular weight excluding hydrogens is 743 g/mol. The molecule has 0 bridgehead atoms. The van der Waals surface area contributed by atoms with Gasteiger partial charge in [0.05, 0.1) is 11.1 Å². The van der Waals surface area contributed by atoms with Gasteiger partial charge in [0.2, 0.25) is 0 Å². The summed E-state index contributed by atoms with van der Waals surface area (Å²) < 4.78 is 13.3. The minimum Gasteiger partial charge on any atom is -0.456 e. The molecule has 12 aromatic rings. The summed E-state index contributed by atoms with van der Waals surface area (Å²) in [6.07, 6.45) is 0. The molecule has 3 heteroatoms. The molecule has 0 radical (unpaired) electrons. The molecule has 0 aliphatic rings. The van der Waals surface area contributed by atoms with Crippen molar-refractivity contribution in [1.29, 1.82) is 0 Å². The number of para-hydroxylation sites is 2. The Bertz CT molecular complexity index is 3560. The van der Waals surface area contributed by atoms with Crippen LogP contribution in [-0.4, -0.2) is 0 Å². The Morgan fingerprint density at radius 3 is 1.56 bits per heavy atom. The van der Waals surface area contributed by atoms with Gasteiger partial charge in [0.1, 0.15) is 22.3 Å². The van der Waals surface area contributed by atoms with Gasteiger partial charge >= 0.3 is 0 Å². The second-order valence-corrected chi connectivity index (χ2v) is 15.6. The molecule has 0 spiro atoms. The second-order valence-electron chi connectivity index (χ2n) is 15.6. The highest BCUT2D eigenvalue weighted by Gasteiger charge is 2.21. The molecule has 10 aromatic carbocycles. The van der Waals surface area contributed by atoms with Gasteiger partial charge in [0.25, 0.3) is 0 Å². The van der Waals surface area contributed by atoms with Crippen LogP contribution in [0, 0.1) is 0 Å². The van der Waals surface area contributed by atoms with E-state index >= 15 is 0 Å². The summed E-state index contributed by atoms with van der Waals surface area (Å²) in [5, 5.41) is 6.65. The fraction of sp³-hybridized carbons (Fsp3) is 0. The van der Waals surface area contributed by atoms with Crippen LogP contribution in [0.3, 0.4) is 0 Å². The first-order chi connectivity index (χ1) is 30.2. The number of anilines is 3. The predicted octanol–water partition coefficient (Wildman–Crippen LogP) is 16.8. The van der Waals surface area contributed by atoms with Crippen LogP contribution in [0.4, 0.5) is 17.1 Å². The van der Waals surface area contributed by atoms with Crippen LogP contribution in [0.5, 0.6) is 0 Å². The lowest BCUT2D eigenvalue weighted by molar-refractivity contribution is 0.669. The maximum Gasteiger partial charge on any atom is 0.143 e. The van der Waals surface area contributed by atoms with Gasteiger partial charge in [-0.1, -0.05) is 170 Å². The SMILES string of the molecule is c1ccc(-c2ccc(N(c3ccc(-c4cccc5c4oc4c6ccccc6c(-c6cccc(-c7ccccc7)c6)cc54)cc3)c3cccc4oc5ccccc5c34)cc2)cc1. The number of nitrogens with zero attached hydrogens (tertiary/aromatic N) is 1. The van der Waals surface area contributed by atoms with Crippen molar-refractivity contribution in [1.82, 2.24) is 0 Å². The molecule has 2 heterocycles. The number of furan rings is 2. The Morgan fingerprint density at radius 2 is 0.803 bits per heavy atom. The first-order valence-electron chi connectivity index (χ1n) is 20.7. The zero-order valence-corrected chi connectivity index (χ0v) is 33.1. The highest BCUT2D eigenvalue weighted by atomic mass is 16.3. The topological polar surface area (TPSA) is 29.5 Å². The van der Waals surface area contributed by atoms with Gasteiger partial charge in [-0.05, 0) is 98.9 Å². The summed E-state index contributed by atoms with van der Waals surface area (Å²) in [7, 11) is 0. The molecule has 0 saturated heterocycles. The maximum absolute atomic E-state index is 6.96. The van der Waals surface area contributed by atoms with Gasteiger partial charge in [-0.15, -0.1) is 0 Å². The Labute approximate surface area is 353 Å². The molecule has 286 valence electrons. The molecule has 0 aliphatic carbocycles. The van der Waals surface area contributed by atoms with Gasteiger partial charge in [-0.2, -0.15) is 0 Å². The molecule has 12 rings (SSSR count). The van der Waals surface area contributed by atoms with Crippen LogP contribution in [-0.2, 0) is 0 Å². The monoisotopic (exact) mass is 779 g/mol. The van der Waals surface area contributed by atoms with Gasteiger partial charge < -0.3 is 13.7 Å². The molecule has 2 aromatic heterocycles. The lowest BCUT2D eigenvalue weighted by Crippen LogP contribution is -2.10. The Hall–Kier alpha value is -8.14. The third-order valence-corrected chi connectivity index (χ3v) is 12.1. The van der Waals surface area contributed by atoms with E-state index in [9.17, 15) is 0 Å². The van der Waals surface area contributed by atoms with E-state index in [4.69, 9.17) is 8.83 Å². The number of rotatable bonds is 7. The molecule has 0 N–H and O–H groups in total. The molecule has 0 atom stereocenters. The van der Waals surface area contributed by atoms with Gasteiger partial charge in [-0.25, -0.2) is 0 Å². The number of fused-ring (bicyclic) bond motifs is 8. The molecule has 61 heavy (non-hydrogen) atoms. The van der Waals surface area contributed by atoms with E-state index in [-0.39, 0.29) is 0 Å². The zero-order valence-electron chi connectivity index (χ0n) is 33.1. The summed E-state index contributed by atoms with van der Waals surface area (Å²) in [4.78, 5) is 2.34. The number of benzene rings is 10. The summed E-state index contributed by atoms with van der Waals surface area (Å²) in [6, 6.07) is 79.7. The average Bonchev–Trinajstić information content (AvgIpc) is 3.92. The second kappa shape index (κ2) is 14.3. The maximum atomic E-state index is 6.96. The molecule has 0 saturated carbocycles. The van der Waals surface area contributed by atoms with E-state index in [1.165, 1.54) is 38.8 Å². The summed E-state index contributed by atoms with van der Waals surface area (Å²) in [5.74, 6) is 0. The van der Waals surface area contributed by atoms with Crippen LogP contribution in [0.15, 0.2) is 233 Å². The third-order valence-electron chi connectivity index (χ3n) is 12.1. The highest BCUT2D eigenvalue weighted by molar-refractivity contribution is 6.21. The largest absolute Gasteiger partial charge is 0.456 e. The summed E-state index contributed by atoms with van der Waals surface area (Å²) >= 11 is 0. The van der Waals surface area contributed by atoms with Crippen molar-refractivity contribution in [2.24, 2.45) is 0 Å². The highest BCUT2D eigenvalue weighted by Crippen LogP contribution is 2.46. The standard InChI is InChI=1S/C58H37NO2/c1-3-14-38(15-4-1)40-28-32-44(33-29-40)59(53-25-13-27-55-56(53)50-22-9-10-26-54(50)60-55)45-34-30-41(31-35-45)46-23-12-24-49-52-37-51(47-20-7-8-21-48(47)58(52)61-57(46)49)43-19-11-18-42(36-43)39-16-5-2-6-17-39/h1-37H. The van der Waals surface area contributed by atoms with Crippen molar-refractivity contribution in [3.63, 3.8) is 0 Å². The average molecular weight is 780 g/mol. The van der Waals surface area contributed by atoms with Crippen LogP contribution in [0.1, 0.15) is 0 Å². The van der Waals surface area contributed by atoms with Crippen molar-refractivity contribution in [2.75, 3.05) is 4.90 Å². The van der Waals surface area contributed by atoms with Crippen LogP contribution in [0.2, 0.25) is 0 Å². The smallest absolute Gasteiger partial charge is 0.143 e. The van der Waals surface area contributed by atoms with E-state index < -0.39 is 0 Å². The Kier molecular flexibility index (Phi) is 8.17. The minimum atomic E-state index is 0.859.